The van der Waals surface area contributed by atoms with Crippen LogP contribution in [-0.4, -0.2) is 50.8 Å². The summed E-state index contributed by atoms with van der Waals surface area (Å²) >= 11 is 0. The molecule has 0 radical (unpaired) electrons. The van der Waals surface area contributed by atoms with Crippen LogP contribution in [0.15, 0.2) is 6.33 Å². The Kier molecular flexibility index (Phi) is 4.48. The average Bonchev–Trinajstić information content (AvgIpc) is 2.80. The minimum absolute atomic E-state index is 0.0477. The van der Waals surface area contributed by atoms with Crippen molar-refractivity contribution in [3.63, 3.8) is 0 Å². The summed E-state index contributed by atoms with van der Waals surface area (Å²) in [4.78, 5) is 22.9. The lowest BCUT2D eigenvalue weighted by Crippen LogP contribution is -2.37. The molecule has 3 rings (SSSR count). The summed E-state index contributed by atoms with van der Waals surface area (Å²) in [5, 5.41) is 7.29. The van der Waals surface area contributed by atoms with Crippen LogP contribution in [0, 0.1) is 13.8 Å². The second-order valence-electron chi connectivity index (χ2n) is 5.99. The van der Waals surface area contributed by atoms with E-state index in [1.54, 1.807) is 11.8 Å². The van der Waals surface area contributed by atoms with Crippen LogP contribution in [-0.2, 0) is 24.8 Å². The number of hydrogen-bond acceptors (Lipinski definition) is 6. The second kappa shape index (κ2) is 6.56. The average molecular weight is 330 g/mol. The molecule has 1 N–H and O–H groups in total. The molecule has 0 bridgehead atoms. The first-order valence-electron chi connectivity index (χ1n) is 7.88. The van der Waals surface area contributed by atoms with Crippen molar-refractivity contribution in [2.45, 2.75) is 26.8 Å². The molecule has 8 nitrogen and oxygen atoms in total. The van der Waals surface area contributed by atoms with Gasteiger partial charge in [-0.3, -0.25) is 14.4 Å². The van der Waals surface area contributed by atoms with E-state index in [1.165, 1.54) is 6.33 Å². The molecule has 0 saturated carbocycles. The molecular weight excluding hydrogens is 308 g/mol. The van der Waals surface area contributed by atoms with Gasteiger partial charge in [-0.15, -0.1) is 0 Å². The first-order valence-corrected chi connectivity index (χ1v) is 7.88. The molecule has 1 aliphatic rings. The van der Waals surface area contributed by atoms with Gasteiger partial charge < -0.3 is 10.1 Å². The van der Waals surface area contributed by atoms with Crippen LogP contribution >= 0.6 is 0 Å². The van der Waals surface area contributed by atoms with E-state index in [1.807, 2.05) is 20.9 Å². The van der Waals surface area contributed by atoms with Gasteiger partial charge in [0.05, 0.1) is 36.4 Å². The van der Waals surface area contributed by atoms with Crippen LogP contribution in [0.2, 0.25) is 0 Å². The van der Waals surface area contributed by atoms with E-state index in [0.29, 0.717) is 19.0 Å². The molecule has 0 fully saturated rings. The number of nitrogens with zero attached hydrogens (tertiary/aromatic N) is 5. The highest BCUT2D eigenvalue weighted by atomic mass is 16.5. The second-order valence-corrected chi connectivity index (χ2v) is 5.99. The van der Waals surface area contributed by atoms with Crippen molar-refractivity contribution in [2.75, 3.05) is 25.5 Å². The Hall–Kier alpha value is -2.48. The number of aromatic nitrogens is 4. The van der Waals surface area contributed by atoms with Crippen LogP contribution in [0.4, 0.5) is 5.69 Å². The van der Waals surface area contributed by atoms with Gasteiger partial charge in [0, 0.05) is 32.1 Å². The number of aryl methyl sites for hydroxylation is 2. The van der Waals surface area contributed by atoms with Crippen molar-refractivity contribution in [2.24, 2.45) is 7.05 Å². The Bertz CT molecular complexity index is 756. The monoisotopic (exact) mass is 330 g/mol. The third kappa shape index (κ3) is 3.09. The van der Waals surface area contributed by atoms with Gasteiger partial charge in [0.2, 0.25) is 11.8 Å². The van der Waals surface area contributed by atoms with Crippen molar-refractivity contribution in [3.05, 3.63) is 29.0 Å². The van der Waals surface area contributed by atoms with Gasteiger partial charge in [0.25, 0.3) is 0 Å². The smallest absolute Gasteiger partial charge is 0.238 e. The van der Waals surface area contributed by atoms with E-state index in [0.717, 1.165) is 41.3 Å². The van der Waals surface area contributed by atoms with Crippen molar-refractivity contribution in [1.29, 1.82) is 0 Å². The molecule has 0 spiro atoms. The zero-order chi connectivity index (χ0) is 17.3. The van der Waals surface area contributed by atoms with E-state index < -0.39 is 0 Å². The molecule has 0 atom stereocenters. The predicted octanol–water partition coefficient (Wildman–Crippen LogP) is 0.832. The predicted molar refractivity (Wildman–Crippen MR) is 88.9 cm³/mol. The summed E-state index contributed by atoms with van der Waals surface area (Å²) in [6, 6.07) is 0. The molecule has 24 heavy (non-hydrogen) atoms. The largest absolute Gasteiger partial charge is 0.481 e. The SMILES string of the molecule is COc1ncnc2c1CN(CC(=O)Nc1c(C)nn(C)c1C)CC2. The van der Waals surface area contributed by atoms with Crippen molar-refractivity contribution in [3.8, 4) is 5.88 Å². The third-order valence-corrected chi connectivity index (χ3v) is 4.38. The van der Waals surface area contributed by atoms with Crippen molar-refractivity contribution >= 4 is 11.6 Å². The van der Waals surface area contributed by atoms with Crippen LogP contribution in [0.1, 0.15) is 22.6 Å². The lowest BCUT2D eigenvalue weighted by molar-refractivity contribution is -0.117. The van der Waals surface area contributed by atoms with E-state index in [4.69, 9.17) is 4.74 Å². The molecule has 1 amide bonds. The number of methoxy groups -OCH3 is 1. The van der Waals surface area contributed by atoms with Gasteiger partial charge >= 0.3 is 0 Å². The Morgan fingerprint density at radius 3 is 2.83 bits per heavy atom. The van der Waals surface area contributed by atoms with Crippen LogP contribution in [0.5, 0.6) is 5.88 Å². The highest BCUT2D eigenvalue weighted by Gasteiger charge is 2.23. The number of nitrogens with one attached hydrogen (secondary N) is 1. The maximum Gasteiger partial charge on any atom is 0.238 e. The Labute approximate surface area is 140 Å². The maximum atomic E-state index is 12.4. The highest BCUT2D eigenvalue weighted by molar-refractivity contribution is 5.93. The molecule has 2 aromatic rings. The lowest BCUT2D eigenvalue weighted by Gasteiger charge is -2.27. The number of hydrogen-bond donors (Lipinski definition) is 1. The number of rotatable bonds is 4. The Morgan fingerprint density at radius 2 is 2.17 bits per heavy atom. The van der Waals surface area contributed by atoms with Gasteiger partial charge in [0.15, 0.2) is 0 Å². The molecule has 3 heterocycles. The maximum absolute atomic E-state index is 12.4. The van der Waals surface area contributed by atoms with Crippen LogP contribution < -0.4 is 10.1 Å². The zero-order valence-electron chi connectivity index (χ0n) is 14.5. The number of anilines is 1. The van der Waals surface area contributed by atoms with E-state index >= 15 is 0 Å². The fraction of sp³-hybridized carbons (Fsp3) is 0.500. The molecule has 0 aliphatic carbocycles. The molecule has 0 unspecified atom stereocenters. The van der Waals surface area contributed by atoms with Crippen LogP contribution in [0.25, 0.3) is 0 Å². The fourth-order valence-electron chi connectivity index (χ4n) is 3.02. The quantitative estimate of drug-likeness (QED) is 0.894. The number of fused-ring (bicyclic) bond motifs is 1. The summed E-state index contributed by atoms with van der Waals surface area (Å²) in [5.41, 5.74) is 4.52. The summed E-state index contributed by atoms with van der Waals surface area (Å²) in [6.45, 7) is 5.53. The molecule has 0 saturated heterocycles. The molecular formula is C16H22N6O2. The normalized spacial score (nSPS) is 14.3. The first kappa shape index (κ1) is 16.4. The zero-order valence-corrected chi connectivity index (χ0v) is 14.5. The molecule has 8 heteroatoms. The van der Waals surface area contributed by atoms with Crippen LogP contribution in [0.3, 0.4) is 0 Å². The highest BCUT2D eigenvalue weighted by Crippen LogP contribution is 2.24. The lowest BCUT2D eigenvalue weighted by atomic mass is 10.1. The number of amides is 1. The first-order chi connectivity index (χ1) is 11.5. The number of ether oxygens (including phenoxy) is 1. The van der Waals surface area contributed by atoms with Gasteiger partial charge in [-0.25, -0.2) is 9.97 Å². The third-order valence-electron chi connectivity index (χ3n) is 4.38. The van der Waals surface area contributed by atoms with Gasteiger partial charge in [-0.2, -0.15) is 5.10 Å². The van der Waals surface area contributed by atoms with E-state index in [9.17, 15) is 4.79 Å². The standard InChI is InChI=1S/C16H22N6O2/c1-10-15(11(2)21(3)20-10)19-14(23)8-22-6-5-13-12(7-22)16(24-4)18-9-17-13/h9H,5-8H2,1-4H3,(H,19,23). The molecule has 0 aromatic carbocycles. The minimum Gasteiger partial charge on any atom is -0.481 e. The van der Waals surface area contributed by atoms with Gasteiger partial charge in [-0.05, 0) is 13.8 Å². The van der Waals surface area contributed by atoms with E-state index in [-0.39, 0.29) is 5.91 Å². The van der Waals surface area contributed by atoms with Gasteiger partial charge in [-0.1, -0.05) is 0 Å². The number of carbonyl (C=O) groups excluding carboxylic acids is 1. The van der Waals surface area contributed by atoms with E-state index in [2.05, 4.69) is 25.3 Å². The van der Waals surface area contributed by atoms with Crippen molar-refractivity contribution in [1.82, 2.24) is 24.6 Å². The van der Waals surface area contributed by atoms with Gasteiger partial charge in [0.1, 0.15) is 6.33 Å². The molecule has 1 aliphatic heterocycles. The summed E-state index contributed by atoms with van der Waals surface area (Å²) in [5.74, 6) is 0.539. The topological polar surface area (TPSA) is 85.2 Å². The summed E-state index contributed by atoms with van der Waals surface area (Å²) in [6.07, 6.45) is 2.31. The molecule has 2 aromatic heterocycles. The molecule has 128 valence electrons. The summed E-state index contributed by atoms with van der Waals surface area (Å²) < 4.78 is 7.07. The summed E-state index contributed by atoms with van der Waals surface area (Å²) in [7, 11) is 3.47. The minimum atomic E-state index is -0.0477. The van der Waals surface area contributed by atoms with Crippen molar-refractivity contribution < 1.29 is 9.53 Å². The fourth-order valence-corrected chi connectivity index (χ4v) is 3.02. The number of carbonyl (C=O) groups is 1. The Balaban J connectivity index is 1.67. The Morgan fingerprint density at radius 1 is 1.38 bits per heavy atom.